The average Bonchev–Trinajstić information content (AvgIpc) is 2.15. The number of allylic oxidation sites excluding steroid dienone is 3. The van der Waals surface area contributed by atoms with Gasteiger partial charge in [-0.05, 0) is 52.4 Å². The molecule has 1 aliphatic rings. The number of hydrogen-bond donors (Lipinski definition) is 1. The predicted molar refractivity (Wildman–Crippen MR) is 70.3 cm³/mol. The van der Waals surface area contributed by atoms with Crippen molar-refractivity contribution in [2.24, 2.45) is 11.8 Å². The summed E-state index contributed by atoms with van der Waals surface area (Å²) in [6.07, 6.45) is 11.4. The summed E-state index contributed by atoms with van der Waals surface area (Å²) in [6.45, 7) is 8.29. The van der Waals surface area contributed by atoms with Crippen LogP contribution in [0.2, 0.25) is 0 Å². The highest BCUT2D eigenvalue weighted by Crippen LogP contribution is 2.27. The van der Waals surface area contributed by atoms with Crippen molar-refractivity contribution in [2.75, 3.05) is 0 Å². The van der Waals surface area contributed by atoms with Crippen LogP contribution in [0.15, 0.2) is 23.8 Å². The lowest BCUT2D eigenvalue weighted by atomic mass is 9.84. The van der Waals surface area contributed by atoms with Gasteiger partial charge in [-0.15, -0.1) is 0 Å². The maximum Gasteiger partial charge on any atom is 0.0654 e. The zero-order valence-electron chi connectivity index (χ0n) is 11.2. The van der Waals surface area contributed by atoms with E-state index in [4.69, 9.17) is 0 Å². The molecule has 1 nitrogen and oxygen atoms in total. The zero-order valence-corrected chi connectivity index (χ0v) is 11.2. The fraction of sp³-hybridized carbons (Fsp3) is 0.733. The highest BCUT2D eigenvalue weighted by Gasteiger charge is 2.24. The molecule has 0 aliphatic heterocycles. The molecule has 0 saturated heterocycles. The normalized spacial score (nSPS) is 33.9. The Labute approximate surface area is 100 Å². The van der Waals surface area contributed by atoms with E-state index >= 15 is 0 Å². The van der Waals surface area contributed by atoms with E-state index in [0.29, 0.717) is 5.92 Å². The van der Waals surface area contributed by atoms with Crippen molar-refractivity contribution in [1.82, 2.24) is 0 Å². The van der Waals surface area contributed by atoms with Crippen LogP contribution < -0.4 is 0 Å². The van der Waals surface area contributed by atoms with E-state index in [-0.39, 0.29) is 5.92 Å². The third-order valence-electron chi connectivity index (χ3n) is 3.54. The van der Waals surface area contributed by atoms with Crippen molar-refractivity contribution in [3.63, 3.8) is 0 Å². The first-order valence-corrected chi connectivity index (χ1v) is 6.46. The SMILES string of the molecule is C/C1=C/CC[C@H](C)/C=C/[C@@H](C(C)(C)O)CC1. The van der Waals surface area contributed by atoms with Crippen LogP contribution in [0, 0.1) is 11.8 Å². The molecule has 0 bridgehead atoms. The molecule has 1 heteroatoms. The smallest absolute Gasteiger partial charge is 0.0654 e. The van der Waals surface area contributed by atoms with Crippen molar-refractivity contribution in [2.45, 2.75) is 59.0 Å². The van der Waals surface area contributed by atoms with Crippen LogP contribution in [0.1, 0.15) is 53.4 Å². The van der Waals surface area contributed by atoms with E-state index in [1.54, 1.807) is 0 Å². The van der Waals surface area contributed by atoms with Crippen molar-refractivity contribution >= 4 is 0 Å². The largest absolute Gasteiger partial charge is 0.390 e. The second kappa shape index (κ2) is 5.67. The Morgan fingerprint density at radius 1 is 1.25 bits per heavy atom. The second-order valence-electron chi connectivity index (χ2n) is 5.79. The molecule has 2 atom stereocenters. The van der Waals surface area contributed by atoms with Crippen molar-refractivity contribution < 1.29 is 5.11 Å². The van der Waals surface area contributed by atoms with Crippen LogP contribution in [-0.2, 0) is 0 Å². The van der Waals surface area contributed by atoms with Gasteiger partial charge in [-0.25, -0.2) is 0 Å². The highest BCUT2D eigenvalue weighted by molar-refractivity contribution is 5.05. The highest BCUT2D eigenvalue weighted by atomic mass is 16.3. The summed E-state index contributed by atoms with van der Waals surface area (Å²) in [5.74, 6) is 0.892. The molecule has 0 radical (unpaired) electrons. The second-order valence-corrected chi connectivity index (χ2v) is 5.79. The summed E-state index contributed by atoms with van der Waals surface area (Å²) in [4.78, 5) is 0. The van der Waals surface area contributed by atoms with Crippen molar-refractivity contribution in [1.29, 1.82) is 0 Å². The molecule has 0 amide bonds. The van der Waals surface area contributed by atoms with Crippen LogP contribution >= 0.6 is 0 Å². The van der Waals surface area contributed by atoms with Crippen LogP contribution in [0.3, 0.4) is 0 Å². The third kappa shape index (κ3) is 4.52. The molecule has 0 aromatic heterocycles. The van der Waals surface area contributed by atoms with E-state index < -0.39 is 5.60 Å². The molecule has 92 valence electrons. The standard InChI is InChI=1S/C15H26O/c1-12-6-5-7-13(2)9-11-14(10-8-12)15(3,4)16/h6,9,11,13-14,16H,5,7-8,10H2,1-4H3/b11-9+,12-6-/t13-,14-/m0/s1. The summed E-state index contributed by atoms with van der Waals surface area (Å²) < 4.78 is 0. The van der Waals surface area contributed by atoms with Gasteiger partial charge in [0.15, 0.2) is 0 Å². The van der Waals surface area contributed by atoms with Crippen LogP contribution in [0.25, 0.3) is 0 Å². The summed E-state index contributed by atoms with van der Waals surface area (Å²) >= 11 is 0. The van der Waals surface area contributed by atoms with Gasteiger partial charge in [-0.1, -0.05) is 30.7 Å². The summed E-state index contributed by atoms with van der Waals surface area (Å²) in [7, 11) is 0. The first-order chi connectivity index (χ1) is 7.39. The molecule has 0 spiro atoms. The Hall–Kier alpha value is -0.560. The van der Waals surface area contributed by atoms with E-state index in [2.05, 4.69) is 32.1 Å². The van der Waals surface area contributed by atoms with Gasteiger partial charge < -0.3 is 5.11 Å². The minimum atomic E-state index is -0.601. The van der Waals surface area contributed by atoms with Gasteiger partial charge in [0.05, 0.1) is 5.60 Å². The predicted octanol–water partition coefficient (Wildman–Crippen LogP) is 4.09. The topological polar surface area (TPSA) is 20.2 Å². The molecule has 1 aliphatic carbocycles. The van der Waals surface area contributed by atoms with Crippen LogP contribution in [-0.4, -0.2) is 10.7 Å². The minimum absolute atomic E-state index is 0.274. The van der Waals surface area contributed by atoms with E-state index in [9.17, 15) is 5.11 Å². The molecule has 0 saturated carbocycles. The molecule has 0 fully saturated rings. The Bertz CT molecular complexity index is 268. The van der Waals surface area contributed by atoms with Gasteiger partial charge in [-0.2, -0.15) is 0 Å². The molecular weight excluding hydrogens is 196 g/mol. The quantitative estimate of drug-likeness (QED) is 0.663. The Morgan fingerprint density at radius 2 is 1.94 bits per heavy atom. The van der Waals surface area contributed by atoms with Gasteiger partial charge in [0, 0.05) is 5.92 Å². The molecule has 1 rings (SSSR count). The number of aliphatic hydroxyl groups is 1. The number of hydrogen-bond acceptors (Lipinski definition) is 1. The fourth-order valence-corrected chi connectivity index (χ4v) is 2.18. The maximum absolute atomic E-state index is 10.1. The monoisotopic (exact) mass is 222 g/mol. The van der Waals surface area contributed by atoms with Gasteiger partial charge in [0.25, 0.3) is 0 Å². The van der Waals surface area contributed by atoms with E-state index in [0.717, 1.165) is 12.8 Å². The first-order valence-electron chi connectivity index (χ1n) is 6.46. The van der Waals surface area contributed by atoms with Crippen molar-refractivity contribution in [3.05, 3.63) is 23.8 Å². The van der Waals surface area contributed by atoms with E-state index in [1.165, 1.54) is 18.4 Å². The molecule has 16 heavy (non-hydrogen) atoms. The van der Waals surface area contributed by atoms with Crippen molar-refractivity contribution in [3.8, 4) is 0 Å². The molecule has 0 unspecified atom stereocenters. The Kier molecular flexibility index (Phi) is 4.79. The molecule has 0 aromatic rings. The van der Waals surface area contributed by atoms with E-state index in [1.807, 2.05) is 13.8 Å². The van der Waals surface area contributed by atoms with Gasteiger partial charge in [-0.3, -0.25) is 0 Å². The van der Waals surface area contributed by atoms with Gasteiger partial charge >= 0.3 is 0 Å². The summed E-state index contributed by atoms with van der Waals surface area (Å²) in [6, 6.07) is 0. The zero-order chi connectivity index (χ0) is 12.2. The maximum atomic E-state index is 10.1. The summed E-state index contributed by atoms with van der Waals surface area (Å²) in [5, 5.41) is 10.1. The third-order valence-corrected chi connectivity index (χ3v) is 3.54. The molecular formula is C15H26O. The minimum Gasteiger partial charge on any atom is -0.390 e. The molecule has 0 heterocycles. The lowest BCUT2D eigenvalue weighted by Crippen LogP contribution is -2.29. The van der Waals surface area contributed by atoms with Crippen LogP contribution in [0.5, 0.6) is 0 Å². The number of rotatable bonds is 1. The fourth-order valence-electron chi connectivity index (χ4n) is 2.18. The van der Waals surface area contributed by atoms with Gasteiger partial charge in [0.2, 0.25) is 0 Å². The molecule has 1 N–H and O–H groups in total. The summed E-state index contributed by atoms with van der Waals surface area (Å²) in [5.41, 5.74) is 0.868. The van der Waals surface area contributed by atoms with Crippen LogP contribution in [0.4, 0.5) is 0 Å². The van der Waals surface area contributed by atoms with Gasteiger partial charge in [0.1, 0.15) is 0 Å². The lowest BCUT2D eigenvalue weighted by molar-refractivity contribution is 0.0336. The lowest BCUT2D eigenvalue weighted by Gasteiger charge is -2.27. The average molecular weight is 222 g/mol. The Balaban J connectivity index is 2.76. The first kappa shape index (κ1) is 13.5. The Morgan fingerprint density at radius 3 is 2.56 bits per heavy atom. The molecule has 0 aromatic carbocycles.